The van der Waals surface area contributed by atoms with Gasteiger partial charge in [0.25, 0.3) is 0 Å². The molecule has 0 spiro atoms. The van der Waals surface area contributed by atoms with Gasteiger partial charge in [-0.2, -0.15) is 0 Å². The third-order valence-electron chi connectivity index (χ3n) is 2.30. The van der Waals surface area contributed by atoms with E-state index in [4.69, 9.17) is 10.2 Å². The summed E-state index contributed by atoms with van der Waals surface area (Å²) in [7, 11) is 0. The highest BCUT2D eigenvalue weighted by Crippen LogP contribution is 2.11. The molecule has 0 aliphatic heterocycles. The van der Waals surface area contributed by atoms with Crippen molar-refractivity contribution in [3.8, 4) is 0 Å². The number of benzene rings is 1. The molecule has 2 N–H and O–H groups in total. The highest BCUT2D eigenvalue weighted by Gasteiger charge is 2.19. The monoisotopic (exact) mass is 234 g/mol. The first-order valence-corrected chi connectivity index (χ1v) is 5.26. The van der Waals surface area contributed by atoms with Crippen LogP contribution in [0.2, 0.25) is 0 Å². The Morgan fingerprint density at radius 1 is 1.18 bits per heavy atom. The smallest absolute Gasteiger partial charge is 0.307 e. The van der Waals surface area contributed by atoms with Crippen LogP contribution in [0.25, 0.3) is 6.08 Å². The summed E-state index contributed by atoms with van der Waals surface area (Å²) in [5, 5.41) is 17.4. The van der Waals surface area contributed by atoms with Gasteiger partial charge in [0.2, 0.25) is 0 Å². The van der Waals surface area contributed by atoms with Crippen LogP contribution in [0.5, 0.6) is 0 Å². The zero-order valence-corrected chi connectivity index (χ0v) is 9.24. The first-order valence-electron chi connectivity index (χ1n) is 5.26. The van der Waals surface area contributed by atoms with Crippen LogP contribution in [0.1, 0.15) is 18.4 Å². The maximum Gasteiger partial charge on any atom is 0.307 e. The van der Waals surface area contributed by atoms with Gasteiger partial charge in [-0.05, 0) is 12.0 Å². The van der Waals surface area contributed by atoms with Gasteiger partial charge in [0.15, 0.2) is 0 Å². The standard InChI is InChI=1S/C13H14O4/c14-12(15)9-11(13(16)17)8-4-7-10-5-2-1-3-6-10/h1-7,11H,8-9H2,(H,14,15)(H,16,17)/b7-4+/t11-/m0/s1. The molecular weight excluding hydrogens is 220 g/mol. The van der Waals surface area contributed by atoms with Crippen molar-refractivity contribution in [3.63, 3.8) is 0 Å². The molecule has 0 fully saturated rings. The molecule has 0 heterocycles. The number of carboxylic acid groups (broad SMARTS) is 2. The average Bonchev–Trinajstić information content (AvgIpc) is 2.28. The quantitative estimate of drug-likeness (QED) is 0.791. The summed E-state index contributed by atoms with van der Waals surface area (Å²) in [4.78, 5) is 21.2. The third kappa shape index (κ3) is 4.97. The van der Waals surface area contributed by atoms with E-state index in [0.29, 0.717) is 0 Å². The molecule has 0 aliphatic rings. The number of hydrogen-bond acceptors (Lipinski definition) is 2. The second kappa shape index (κ2) is 6.48. The van der Waals surface area contributed by atoms with E-state index in [1.807, 2.05) is 30.3 Å². The van der Waals surface area contributed by atoms with Gasteiger partial charge in [0, 0.05) is 0 Å². The summed E-state index contributed by atoms with van der Waals surface area (Å²) in [6.45, 7) is 0. The minimum absolute atomic E-state index is 0.219. The fourth-order valence-electron chi connectivity index (χ4n) is 1.41. The second-order valence-corrected chi connectivity index (χ2v) is 3.68. The third-order valence-corrected chi connectivity index (χ3v) is 2.30. The predicted molar refractivity (Wildman–Crippen MR) is 63.5 cm³/mol. The van der Waals surface area contributed by atoms with Crippen molar-refractivity contribution >= 4 is 18.0 Å². The maximum absolute atomic E-state index is 10.8. The van der Waals surface area contributed by atoms with Crippen molar-refractivity contribution in [1.29, 1.82) is 0 Å². The normalized spacial score (nSPS) is 12.5. The van der Waals surface area contributed by atoms with Gasteiger partial charge in [0.05, 0.1) is 12.3 Å². The molecule has 4 heteroatoms. The molecule has 1 atom stereocenters. The first-order chi connectivity index (χ1) is 8.09. The summed E-state index contributed by atoms with van der Waals surface area (Å²) in [5.74, 6) is -3.04. The van der Waals surface area contributed by atoms with Gasteiger partial charge in [0.1, 0.15) is 0 Å². The molecule has 1 rings (SSSR count). The topological polar surface area (TPSA) is 74.6 Å². The van der Waals surface area contributed by atoms with Crippen molar-refractivity contribution in [2.75, 3.05) is 0 Å². The molecule has 4 nitrogen and oxygen atoms in total. The zero-order chi connectivity index (χ0) is 12.7. The Labute approximate surface area is 99.2 Å². The molecule has 1 aromatic rings. The Morgan fingerprint density at radius 3 is 2.35 bits per heavy atom. The van der Waals surface area contributed by atoms with Crippen molar-refractivity contribution in [3.05, 3.63) is 42.0 Å². The number of hydrogen-bond donors (Lipinski definition) is 2. The summed E-state index contributed by atoms with van der Waals surface area (Å²) in [6, 6.07) is 9.44. The number of aliphatic carboxylic acids is 2. The number of carboxylic acids is 2. The van der Waals surface area contributed by atoms with Crippen molar-refractivity contribution in [1.82, 2.24) is 0 Å². The van der Waals surface area contributed by atoms with Gasteiger partial charge in [-0.25, -0.2) is 0 Å². The van der Waals surface area contributed by atoms with Crippen LogP contribution in [0.4, 0.5) is 0 Å². The van der Waals surface area contributed by atoms with E-state index in [1.165, 1.54) is 0 Å². The van der Waals surface area contributed by atoms with Crippen LogP contribution in [-0.4, -0.2) is 22.2 Å². The van der Waals surface area contributed by atoms with Crippen molar-refractivity contribution < 1.29 is 19.8 Å². The lowest BCUT2D eigenvalue weighted by atomic mass is 10.0. The molecule has 0 aromatic heterocycles. The molecule has 90 valence electrons. The molecule has 0 amide bonds. The van der Waals surface area contributed by atoms with Crippen LogP contribution < -0.4 is 0 Å². The summed E-state index contributed by atoms with van der Waals surface area (Å²) >= 11 is 0. The fraction of sp³-hybridized carbons (Fsp3) is 0.231. The molecular formula is C13H14O4. The van der Waals surface area contributed by atoms with E-state index < -0.39 is 17.9 Å². The first kappa shape index (κ1) is 13.0. The fourth-order valence-corrected chi connectivity index (χ4v) is 1.41. The van der Waals surface area contributed by atoms with E-state index in [9.17, 15) is 9.59 Å². The molecule has 1 aromatic carbocycles. The van der Waals surface area contributed by atoms with Crippen molar-refractivity contribution in [2.45, 2.75) is 12.8 Å². The Balaban J connectivity index is 2.55. The van der Waals surface area contributed by atoms with Gasteiger partial charge < -0.3 is 10.2 Å². The van der Waals surface area contributed by atoms with Crippen LogP contribution in [0.3, 0.4) is 0 Å². The Morgan fingerprint density at radius 2 is 1.82 bits per heavy atom. The Hall–Kier alpha value is -2.10. The SMILES string of the molecule is O=C(O)C[C@H](C/C=C/c1ccccc1)C(=O)O. The number of allylic oxidation sites excluding steroid dienone is 1. The predicted octanol–water partition coefficient (Wildman–Crippen LogP) is 2.27. The summed E-state index contributed by atoms with van der Waals surface area (Å²) in [5.41, 5.74) is 0.965. The number of rotatable bonds is 6. The largest absolute Gasteiger partial charge is 0.481 e. The summed E-state index contributed by atoms with van der Waals surface area (Å²) < 4.78 is 0. The molecule has 0 bridgehead atoms. The van der Waals surface area contributed by atoms with Gasteiger partial charge >= 0.3 is 11.9 Å². The highest BCUT2D eigenvalue weighted by molar-refractivity contribution is 5.78. The lowest BCUT2D eigenvalue weighted by Gasteiger charge is -2.05. The minimum atomic E-state index is -1.09. The van der Waals surface area contributed by atoms with Crippen LogP contribution in [-0.2, 0) is 9.59 Å². The molecule has 0 saturated heterocycles. The molecule has 0 unspecified atom stereocenters. The van der Waals surface area contributed by atoms with E-state index in [2.05, 4.69) is 0 Å². The minimum Gasteiger partial charge on any atom is -0.481 e. The summed E-state index contributed by atoms with van der Waals surface area (Å²) in [6.07, 6.45) is 3.35. The van der Waals surface area contributed by atoms with Crippen LogP contribution in [0.15, 0.2) is 36.4 Å². The van der Waals surface area contributed by atoms with E-state index in [0.717, 1.165) is 5.56 Å². The maximum atomic E-state index is 10.8. The molecule has 0 radical (unpaired) electrons. The number of carbonyl (C=O) groups is 2. The van der Waals surface area contributed by atoms with E-state index in [-0.39, 0.29) is 12.8 Å². The Kier molecular flexibility index (Phi) is 4.94. The Bertz CT molecular complexity index is 409. The van der Waals surface area contributed by atoms with Crippen LogP contribution in [0, 0.1) is 5.92 Å². The molecule has 0 aliphatic carbocycles. The van der Waals surface area contributed by atoms with E-state index >= 15 is 0 Å². The molecule has 0 saturated carbocycles. The highest BCUT2D eigenvalue weighted by atomic mass is 16.4. The lowest BCUT2D eigenvalue weighted by Crippen LogP contribution is -2.16. The average molecular weight is 234 g/mol. The van der Waals surface area contributed by atoms with Crippen LogP contribution >= 0.6 is 0 Å². The second-order valence-electron chi connectivity index (χ2n) is 3.68. The zero-order valence-electron chi connectivity index (χ0n) is 9.24. The lowest BCUT2D eigenvalue weighted by molar-refractivity contribution is -0.148. The van der Waals surface area contributed by atoms with Gasteiger partial charge in [-0.15, -0.1) is 0 Å². The van der Waals surface area contributed by atoms with Gasteiger partial charge in [-0.3, -0.25) is 9.59 Å². The van der Waals surface area contributed by atoms with E-state index in [1.54, 1.807) is 12.2 Å². The van der Waals surface area contributed by atoms with Crippen molar-refractivity contribution in [2.24, 2.45) is 5.92 Å². The van der Waals surface area contributed by atoms with Gasteiger partial charge in [-0.1, -0.05) is 42.5 Å². The molecule has 17 heavy (non-hydrogen) atoms.